The van der Waals surface area contributed by atoms with E-state index < -0.39 is 5.41 Å². The summed E-state index contributed by atoms with van der Waals surface area (Å²) in [5.41, 5.74) is 12.5. The molecule has 1 heterocycles. The standard InChI is InChI=1S/C48H35NS/c1-32-14-11-27-45-46(32)40-22-13-26-44(47(40)50-45)49(43-25-12-16-33-15-5-6-19-37(33)43)36-30-28-35(29-31-36)48(34-17-3-2-4-18-34)41-23-9-7-20-38(41)39-21-8-10-24-42(39)48/h2-13,15-32H,14H2,1H3. The normalized spacial score (nSPS) is 15.5. The van der Waals surface area contributed by atoms with Gasteiger partial charge in [-0.15, -0.1) is 11.3 Å². The van der Waals surface area contributed by atoms with E-state index in [0.29, 0.717) is 5.92 Å². The summed E-state index contributed by atoms with van der Waals surface area (Å²) < 4.78 is 1.34. The minimum atomic E-state index is -0.424. The zero-order valence-corrected chi connectivity index (χ0v) is 28.7. The average molecular weight is 658 g/mol. The maximum absolute atomic E-state index is 2.50. The monoisotopic (exact) mass is 657 g/mol. The van der Waals surface area contributed by atoms with Crippen LogP contribution in [0.1, 0.15) is 52.0 Å². The Hall–Kier alpha value is -5.70. The number of allylic oxidation sites excluding steroid dienone is 1. The van der Waals surface area contributed by atoms with Gasteiger partial charge in [0.05, 0.1) is 21.5 Å². The molecule has 1 atom stereocenters. The van der Waals surface area contributed by atoms with Gasteiger partial charge in [-0.25, -0.2) is 0 Å². The maximum Gasteiger partial charge on any atom is 0.0713 e. The van der Waals surface area contributed by atoms with Gasteiger partial charge in [-0.05, 0) is 92.4 Å². The number of rotatable bonds is 5. The van der Waals surface area contributed by atoms with Gasteiger partial charge in [0.25, 0.3) is 0 Å². The van der Waals surface area contributed by atoms with Crippen LogP contribution in [0.2, 0.25) is 0 Å². The number of hydrogen-bond donors (Lipinski definition) is 0. The molecule has 0 amide bonds. The molecule has 8 aromatic rings. The highest BCUT2D eigenvalue weighted by Crippen LogP contribution is 2.56. The van der Waals surface area contributed by atoms with Gasteiger partial charge >= 0.3 is 0 Å². The van der Waals surface area contributed by atoms with Crippen molar-refractivity contribution in [3.63, 3.8) is 0 Å². The molecule has 2 aliphatic rings. The molecule has 0 bridgehead atoms. The van der Waals surface area contributed by atoms with Gasteiger partial charge in [0.1, 0.15) is 0 Å². The van der Waals surface area contributed by atoms with E-state index in [4.69, 9.17) is 0 Å². The van der Waals surface area contributed by atoms with E-state index in [1.54, 1.807) is 0 Å². The molecule has 50 heavy (non-hydrogen) atoms. The molecule has 0 fully saturated rings. The van der Waals surface area contributed by atoms with E-state index in [2.05, 4.69) is 188 Å². The third kappa shape index (κ3) is 4.19. The van der Waals surface area contributed by atoms with Crippen molar-refractivity contribution in [3.8, 4) is 11.1 Å². The molecular weight excluding hydrogens is 623 g/mol. The molecule has 238 valence electrons. The topological polar surface area (TPSA) is 3.24 Å². The summed E-state index contributed by atoms with van der Waals surface area (Å²) in [6, 6.07) is 60.8. The maximum atomic E-state index is 2.50. The highest BCUT2D eigenvalue weighted by molar-refractivity contribution is 7.20. The Morgan fingerprint density at radius 1 is 0.560 bits per heavy atom. The average Bonchev–Trinajstić information content (AvgIpc) is 3.71. The van der Waals surface area contributed by atoms with Crippen molar-refractivity contribution in [1.82, 2.24) is 0 Å². The summed E-state index contributed by atoms with van der Waals surface area (Å²) in [6.07, 6.45) is 5.76. The summed E-state index contributed by atoms with van der Waals surface area (Å²) in [7, 11) is 0. The van der Waals surface area contributed by atoms with Crippen molar-refractivity contribution >= 4 is 55.3 Å². The smallest absolute Gasteiger partial charge is 0.0713 e. The Kier molecular flexibility index (Phi) is 6.69. The van der Waals surface area contributed by atoms with Gasteiger partial charge in [-0.2, -0.15) is 0 Å². The Morgan fingerprint density at radius 3 is 1.94 bits per heavy atom. The van der Waals surface area contributed by atoms with E-state index in [9.17, 15) is 0 Å². The lowest BCUT2D eigenvalue weighted by Gasteiger charge is -2.34. The van der Waals surface area contributed by atoms with Crippen molar-refractivity contribution in [2.75, 3.05) is 4.90 Å². The number of hydrogen-bond acceptors (Lipinski definition) is 2. The van der Waals surface area contributed by atoms with E-state index in [-0.39, 0.29) is 0 Å². The molecule has 0 radical (unpaired) electrons. The Labute approximate surface area is 297 Å². The molecule has 0 aliphatic heterocycles. The first-order valence-corrected chi connectivity index (χ1v) is 18.4. The lowest BCUT2D eigenvalue weighted by atomic mass is 9.68. The zero-order valence-electron chi connectivity index (χ0n) is 27.9. The molecule has 2 aliphatic carbocycles. The largest absolute Gasteiger partial charge is 0.308 e. The van der Waals surface area contributed by atoms with Crippen molar-refractivity contribution in [2.24, 2.45) is 0 Å². The molecule has 0 saturated carbocycles. The van der Waals surface area contributed by atoms with E-state index in [1.165, 1.54) is 76.1 Å². The summed E-state index contributed by atoms with van der Waals surface area (Å²) in [6.45, 7) is 2.37. The summed E-state index contributed by atoms with van der Waals surface area (Å²) in [5, 5.41) is 3.86. The van der Waals surface area contributed by atoms with E-state index >= 15 is 0 Å². The first-order valence-electron chi connectivity index (χ1n) is 17.6. The number of benzene rings is 7. The van der Waals surface area contributed by atoms with Gasteiger partial charge in [-0.1, -0.05) is 153 Å². The third-order valence-corrected chi connectivity index (χ3v) is 12.2. The number of thiophene rings is 1. The van der Waals surface area contributed by atoms with Crippen LogP contribution in [0.25, 0.3) is 38.1 Å². The predicted molar refractivity (Wildman–Crippen MR) is 213 cm³/mol. The van der Waals surface area contributed by atoms with Gasteiger partial charge in [0, 0.05) is 16.0 Å². The number of nitrogens with zero attached hydrogens (tertiary/aromatic N) is 1. The van der Waals surface area contributed by atoms with Crippen molar-refractivity contribution in [2.45, 2.75) is 24.7 Å². The van der Waals surface area contributed by atoms with Crippen LogP contribution in [-0.4, -0.2) is 0 Å². The van der Waals surface area contributed by atoms with Crippen LogP contribution in [0.3, 0.4) is 0 Å². The van der Waals surface area contributed by atoms with Gasteiger partial charge in [0.2, 0.25) is 0 Å². The minimum absolute atomic E-state index is 0.424. The molecule has 0 spiro atoms. The highest BCUT2D eigenvalue weighted by Gasteiger charge is 2.45. The van der Waals surface area contributed by atoms with Crippen LogP contribution in [0.5, 0.6) is 0 Å². The van der Waals surface area contributed by atoms with Gasteiger partial charge in [-0.3, -0.25) is 0 Å². The lowest BCUT2D eigenvalue weighted by molar-refractivity contribution is 0.768. The summed E-state index contributed by atoms with van der Waals surface area (Å²) >= 11 is 1.93. The fourth-order valence-corrected chi connectivity index (χ4v) is 10.2. The SMILES string of the molecule is CC1CC=Cc2sc3c(N(c4ccc(C5(c6ccccc6)c6ccccc6-c6ccccc65)cc4)c4cccc5ccccc45)cccc3c21. The number of anilines is 3. The lowest BCUT2D eigenvalue weighted by Crippen LogP contribution is -2.28. The van der Waals surface area contributed by atoms with Crippen LogP contribution >= 0.6 is 11.3 Å². The van der Waals surface area contributed by atoms with Crippen LogP contribution in [-0.2, 0) is 5.41 Å². The first-order chi connectivity index (χ1) is 24.7. The Morgan fingerprint density at radius 2 is 1.16 bits per heavy atom. The fraction of sp³-hybridized carbons (Fsp3) is 0.0833. The third-order valence-electron chi connectivity index (χ3n) is 11.0. The second-order valence-corrected chi connectivity index (χ2v) is 14.7. The van der Waals surface area contributed by atoms with E-state index in [1.807, 2.05) is 11.3 Å². The Balaban J connectivity index is 1.22. The molecule has 1 aromatic heterocycles. The highest BCUT2D eigenvalue weighted by atomic mass is 32.1. The molecule has 10 rings (SSSR count). The quantitative estimate of drug-likeness (QED) is 0.178. The van der Waals surface area contributed by atoms with Crippen LogP contribution in [0.4, 0.5) is 17.1 Å². The molecule has 0 N–H and O–H groups in total. The molecule has 1 nitrogen and oxygen atoms in total. The van der Waals surface area contributed by atoms with Crippen molar-refractivity contribution in [3.05, 3.63) is 203 Å². The molecular formula is C48H35NS. The summed E-state index contributed by atoms with van der Waals surface area (Å²) in [5.74, 6) is 0.510. The van der Waals surface area contributed by atoms with Crippen LogP contribution < -0.4 is 4.90 Å². The molecule has 1 unspecified atom stereocenters. The summed E-state index contributed by atoms with van der Waals surface area (Å²) in [4.78, 5) is 3.89. The zero-order chi connectivity index (χ0) is 33.2. The van der Waals surface area contributed by atoms with Gasteiger partial charge in [0.15, 0.2) is 0 Å². The molecule has 7 aromatic carbocycles. The number of fused-ring (bicyclic) bond motifs is 7. The second-order valence-electron chi connectivity index (χ2n) is 13.7. The van der Waals surface area contributed by atoms with Crippen molar-refractivity contribution < 1.29 is 0 Å². The van der Waals surface area contributed by atoms with E-state index in [0.717, 1.165) is 12.1 Å². The van der Waals surface area contributed by atoms with Crippen molar-refractivity contribution in [1.29, 1.82) is 0 Å². The van der Waals surface area contributed by atoms with Gasteiger partial charge < -0.3 is 4.90 Å². The first kappa shape index (κ1) is 29.2. The fourth-order valence-electron chi connectivity index (χ4n) is 8.83. The molecule has 2 heteroatoms. The van der Waals surface area contributed by atoms with Crippen LogP contribution in [0, 0.1) is 0 Å². The second kappa shape index (κ2) is 11.4. The predicted octanol–water partition coefficient (Wildman–Crippen LogP) is 13.4. The van der Waals surface area contributed by atoms with Crippen LogP contribution in [0.15, 0.2) is 170 Å². The molecule has 0 saturated heterocycles. The Bertz CT molecular complexity index is 2540. The minimum Gasteiger partial charge on any atom is -0.308 e.